The summed E-state index contributed by atoms with van der Waals surface area (Å²) in [6.45, 7) is 3.25. The molecule has 0 atom stereocenters. The Labute approximate surface area is 85.5 Å². The summed E-state index contributed by atoms with van der Waals surface area (Å²) in [6, 6.07) is 8.09. The Balaban J connectivity index is 1.88. The van der Waals surface area contributed by atoms with Crippen LogP contribution in [0.4, 0.5) is 5.69 Å². The van der Waals surface area contributed by atoms with Crippen molar-refractivity contribution in [2.24, 2.45) is 0 Å². The third kappa shape index (κ3) is 2.07. The Hall–Kier alpha value is -1.02. The number of nitrogen functional groups attached to an aromatic ring is 1. The maximum atomic E-state index is 5.63. The van der Waals surface area contributed by atoms with E-state index < -0.39 is 0 Å². The summed E-state index contributed by atoms with van der Waals surface area (Å²) < 4.78 is 0. The van der Waals surface area contributed by atoms with Gasteiger partial charge in [0.05, 0.1) is 0 Å². The zero-order valence-corrected chi connectivity index (χ0v) is 8.72. The first kappa shape index (κ1) is 9.53. The van der Waals surface area contributed by atoms with Gasteiger partial charge in [-0.15, -0.1) is 0 Å². The van der Waals surface area contributed by atoms with E-state index >= 15 is 0 Å². The molecule has 14 heavy (non-hydrogen) atoms. The fraction of sp³-hybridized carbons (Fsp3) is 0.500. The average Bonchev–Trinajstić information content (AvgIpc) is 2.14. The third-order valence-corrected chi connectivity index (χ3v) is 3.16. The van der Waals surface area contributed by atoms with Gasteiger partial charge in [-0.3, -0.25) is 0 Å². The molecule has 0 amide bonds. The molecule has 1 aromatic rings. The number of rotatable bonds is 3. The van der Waals surface area contributed by atoms with E-state index in [-0.39, 0.29) is 0 Å². The van der Waals surface area contributed by atoms with Crippen LogP contribution in [0.25, 0.3) is 0 Å². The number of nitrogens with one attached hydrogen (secondary N) is 1. The van der Waals surface area contributed by atoms with Crippen LogP contribution in [0.1, 0.15) is 31.7 Å². The Morgan fingerprint density at radius 3 is 2.43 bits per heavy atom. The largest absolute Gasteiger partial charge is 0.399 e. The highest BCUT2D eigenvalue weighted by atomic mass is 15.0. The van der Waals surface area contributed by atoms with Crippen LogP contribution in [0.15, 0.2) is 24.3 Å². The van der Waals surface area contributed by atoms with Crippen molar-refractivity contribution in [1.82, 2.24) is 5.32 Å². The first-order chi connectivity index (χ1) is 6.68. The first-order valence-electron chi connectivity index (χ1n) is 5.27. The smallest absolute Gasteiger partial charge is 0.0314 e. The van der Waals surface area contributed by atoms with Crippen molar-refractivity contribution in [3.63, 3.8) is 0 Å². The predicted octanol–water partition coefficient (Wildman–Crippen LogP) is 2.30. The minimum atomic E-state index is 0.390. The van der Waals surface area contributed by atoms with Gasteiger partial charge in [0.2, 0.25) is 0 Å². The minimum absolute atomic E-state index is 0.390. The zero-order chi connectivity index (χ0) is 10.0. The van der Waals surface area contributed by atoms with E-state index in [4.69, 9.17) is 5.73 Å². The molecule has 0 radical (unpaired) electrons. The molecule has 1 aliphatic carbocycles. The Morgan fingerprint density at radius 1 is 1.29 bits per heavy atom. The monoisotopic (exact) mass is 190 g/mol. The minimum Gasteiger partial charge on any atom is -0.399 e. The molecule has 1 saturated carbocycles. The van der Waals surface area contributed by atoms with Gasteiger partial charge < -0.3 is 11.1 Å². The third-order valence-electron chi connectivity index (χ3n) is 3.16. The summed E-state index contributed by atoms with van der Waals surface area (Å²) in [5, 5.41) is 3.59. The van der Waals surface area contributed by atoms with E-state index in [1.807, 2.05) is 12.1 Å². The lowest BCUT2D eigenvalue weighted by Crippen LogP contribution is -2.47. The van der Waals surface area contributed by atoms with Crippen LogP contribution >= 0.6 is 0 Å². The Morgan fingerprint density at radius 2 is 1.93 bits per heavy atom. The molecule has 1 aliphatic rings. The van der Waals surface area contributed by atoms with Crippen LogP contribution in [-0.4, -0.2) is 5.54 Å². The van der Waals surface area contributed by atoms with Crippen LogP contribution in [0, 0.1) is 0 Å². The number of nitrogens with two attached hydrogens (primary N) is 1. The summed E-state index contributed by atoms with van der Waals surface area (Å²) in [4.78, 5) is 0. The maximum Gasteiger partial charge on any atom is 0.0314 e. The predicted molar refractivity (Wildman–Crippen MR) is 60.0 cm³/mol. The van der Waals surface area contributed by atoms with Gasteiger partial charge in [-0.05, 0) is 43.9 Å². The van der Waals surface area contributed by atoms with Crippen molar-refractivity contribution in [2.45, 2.75) is 38.3 Å². The fourth-order valence-electron chi connectivity index (χ4n) is 1.83. The molecule has 0 bridgehead atoms. The molecule has 2 heteroatoms. The highest BCUT2D eigenvalue weighted by Crippen LogP contribution is 2.31. The molecule has 0 heterocycles. The van der Waals surface area contributed by atoms with Gasteiger partial charge in [-0.25, -0.2) is 0 Å². The van der Waals surface area contributed by atoms with Gasteiger partial charge in [0.15, 0.2) is 0 Å². The highest BCUT2D eigenvalue weighted by molar-refractivity contribution is 5.39. The van der Waals surface area contributed by atoms with E-state index in [2.05, 4.69) is 24.4 Å². The molecule has 1 aromatic carbocycles. The second kappa shape index (κ2) is 3.62. The van der Waals surface area contributed by atoms with E-state index in [0.717, 1.165) is 12.2 Å². The lowest BCUT2D eigenvalue weighted by Gasteiger charge is -2.39. The van der Waals surface area contributed by atoms with E-state index in [0.29, 0.717) is 5.54 Å². The number of benzene rings is 1. The van der Waals surface area contributed by atoms with Crippen molar-refractivity contribution in [2.75, 3.05) is 5.73 Å². The molecule has 1 fully saturated rings. The molecule has 0 aromatic heterocycles. The Kier molecular flexibility index (Phi) is 2.46. The molecule has 2 rings (SSSR count). The molecule has 3 N–H and O–H groups in total. The van der Waals surface area contributed by atoms with E-state index in [1.54, 1.807) is 0 Å². The molecular weight excluding hydrogens is 172 g/mol. The van der Waals surface area contributed by atoms with E-state index in [9.17, 15) is 0 Å². The van der Waals surface area contributed by atoms with Gasteiger partial charge in [0.25, 0.3) is 0 Å². The van der Waals surface area contributed by atoms with Gasteiger partial charge in [-0.2, -0.15) is 0 Å². The molecule has 0 unspecified atom stereocenters. The second-order valence-electron chi connectivity index (χ2n) is 4.51. The second-order valence-corrected chi connectivity index (χ2v) is 4.51. The summed E-state index contributed by atoms with van der Waals surface area (Å²) in [5.41, 5.74) is 8.16. The van der Waals surface area contributed by atoms with Crippen LogP contribution in [0.2, 0.25) is 0 Å². The first-order valence-corrected chi connectivity index (χ1v) is 5.27. The summed E-state index contributed by atoms with van der Waals surface area (Å²) in [5.74, 6) is 0. The van der Waals surface area contributed by atoms with Crippen molar-refractivity contribution in [1.29, 1.82) is 0 Å². The standard InChI is InChI=1S/C12H18N2/c1-12(7-2-8-12)14-9-10-3-5-11(13)6-4-10/h3-6,14H,2,7-9,13H2,1H3. The number of anilines is 1. The van der Waals surface area contributed by atoms with Gasteiger partial charge in [-0.1, -0.05) is 12.1 Å². The topological polar surface area (TPSA) is 38.0 Å². The summed E-state index contributed by atoms with van der Waals surface area (Å²) in [7, 11) is 0. The Bertz CT molecular complexity index is 299. The van der Waals surface area contributed by atoms with E-state index in [1.165, 1.54) is 24.8 Å². The van der Waals surface area contributed by atoms with Crippen molar-refractivity contribution >= 4 is 5.69 Å². The summed E-state index contributed by atoms with van der Waals surface area (Å²) in [6.07, 6.45) is 3.98. The maximum absolute atomic E-state index is 5.63. The lowest BCUT2D eigenvalue weighted by molar-refractivity contribution is 0.207. The van der Waals surface area contributed by atoms with Crippen molar-refractivity contribution < 1.29 is 0 Å². The normalized spacial score (nSPS) is 18.9. The van der Waals surface area contributed by atoms with Crippen LogP contribution < -0.4 is 11.1 Å². The lowest BCUT2D eigenvalue weighted by atomic mass is 9.78. The molecule has 0 saturated heterocycles. The quantitative estimate of drug-likeness (QED) is 0.718. The fourth-order valence-corrected chi connectivity index (χ4v) is 1.83. The molecule has 2 nitrogen and oxygen atoms in total. The molecule has 76 valence electrons. The SMILES string of the molecule is CC1(NCc2ccc(N)cc2)CCC1. The van der Waals surface area contributed by atoms with Gasteiger partial charge in [0.1, 0.15) is 0 Å². The van der Waals surface area contributed by atoms with Crippen LogP contribution in [0.5, 0.6) is 0 Å². The van der Waals surface area contributed by atoms with Gasteiger partial charge in [0, 0.05) is 17.8 Å². The molecule has 0 aliphatic heterocycles. The van der Waals surface area contributed by atoms with Crippen LogP contribution in [0.3, 0.4) is 0 Å². The van der Waals surface area contributed by atoms with Gasteiger partial charge >= 0.3 is 0 Å². The number of hydrogen-bond donors (Lipinski definition) is 2. The average molecular weight is 190 g/mol. The van der Waals surface area contributed by atoms with Crippen LogP contribution in [-0.2, 0) is 6.54 Å². The number of hydrogen-bond acceptors (Lipinski definition) is 2. The molecule has 0 spiro atoms. The zero-order valence-electron chi connectivity index (χ0n) is 8.72. The van der Waals surface area contributed by atoms with Crippen molar-refractivity contribution in [3.8, 4) is 0 Å². The van der Waals surface area contributed by atoms with Crippen molar-refractivity contribution in [3.05, 3.63) is 29.8 Å². The highest BCUT2D eigenvalue weighted by Gasteiger charge is 2.30. The molecular formula is C12H18N2. The summed E-state index contributed by atoms with van der Waals surface area (Å²) >= 11 is 0.